The predicted octanol–water partition coefficient (Wildman–Crippen LogP) is -0.959. The summed E-state index contributed by atoms with van der Waals surface area (Å²) >= 11 is 0. The molecular weight excluding hydrogens is 186 g/mol. The van der Waals surface area contributed by atoms with Crippen molar-refractivity contribution in [1.82, 2.24) is 5.32 Å². The summed E-state index contributed by atoms with van der Waals surface area (Å²) in [7, 11) is 0. The molecule has 2 fully saturated rings. The van der Waals surface area contributed by atoms with Crippen molar-refractivity contribution in [2.45, 2.75) is 31.1 Å². The minimum Gasteiger partial charge on any atom is -0.459 e. The molecule has 3 unspecified atom stereocenters. The summed E-state index contributed by atoms with van der Waals surface area (Å²) in [6.45, 7) is 1.64. The quantitative estimate of drug-likeness (QED) is 0.563. The molecule has 5 heteroatoms. The number of aliphatic hydroxyl groups is 1. The van der Waals surface area contributed by atoms with E-state index in [2.05, 4.69) is 5.32 Å². The summed E-state index contributed by atoms with van der Waals surface area (Å²) < 4.78 is 10.3. The van der Waals surface area contributed by atoms with Crippen LogP contribution in [0, 0.1) is 0 Å². The molecule has 2 aliphatic rings. The number of rotatable bonds is 2. The molecule has 2 saturated heterocycles. The lowest BCUT2D eigenvalue weighted by atomic mass is 10.2. The highest BCUT2D eigenvalue weighted by Crippen LogP contribution is 2.13. The van der Waals surface area contributed by atoms with E-state index in [1.165, 1.54) is 0 Å². The number of ether oxygens (including phenoxy) is 2. The number of esters is 1. The Kier molecular flexibility index (Phi) is 3.00. The normalized spacial score (nSPS) is 37.4. The van der Waals surface area contributed by atoms with Crippen molar-refractivity contribution in [3.8, 4) is 0 Å². The average molecular weight is 201 g/mol. The summed E-state index contributed by atoms with van der Waals surface area (Å²) in [4.78, 5) is 11.5. The first-order chi connectivity index (χ1) is 6.75. The van der Waals surface area contributed by atoms with Crippen LogP contribution in [0.3, 0.4) is 0 Å². The highest BCUT2D eigenvalue weighted by atomic mass is 16.6. The first kappa shape index (κ1) is 9.89. The largest absolute Gasteiger partial charge is 0.459 e. The van der Waals surface area contributed by atoms with Crippen LogP contribution in [0.25, 0.3) is 0 Å². The van der Waals surface area contributed by atoms with Crippen molar-refractivity contribution in [3.05, 3.63) is 0 Å². The molecule has 0 amide bonds. The predicted molar refractivity (Wildman–Crippen MR) is 47.7 cm³/mol. The van der Waals surface area contributed by atoms with Gasteiger partial charge in [0, 0.05) is 19.4 Å². The van der Waals surface area contributed by atoms with E-state index in [4.69, 9.17) is 9.47 Å². The highest BCUT2D eigenvalue weighted by molar-refractivity contribution is 5.76. The van der Waals surface area contributed by atoms with E-state index in [1.54, 1.807) is 0 Å². The van der Waals surface area contributed by atoms with E-state index in [1.807, 2.05) is 0 Å². The second-order valence-corrected chi connectivity index (χ2v) is 3.77. The van der Waals surface area contributed by atoms with Crippen LogP contribution in [-0.4, -0.2) is 49.1 Å². The van der Waals surface area contributed by atoms with Crippen LogP contribution in [0.5, 0.6) is 0 Å². The molecule has 5 nitrogen and oxygen atoms in total. The van der Waals surface area contributed by atoms with Gasteiger partial charge in [-0.1, -0.05) is 0 Å². The number of hydrogen-bond acceptors (Lipinski definition) is 5. The Hall–Kier alpha value is -0.650. The summed E-state index contributed by atoms with van der Waals surface area (Å²) in [6, 6.07) is -0.342. The number of hydrogen-bond donors (Lipinski definition) is 2. The standard InChI is InChI=1S/C9H15NO4/c11-6-3-8(10-4-6)9(12)14-7-1-2-13-5-7/h6-8,10-11H,1-5H2. The fourth-order valence-corrected chi connectivity index (χ4v) is 1.75. The van der Waals surface area contributed by atoms with E-state index in [0.717, 1.165) is 6.42 Å². The van der Waals surface area contributed by atoms with Gasteiger partial charge in [0.15, 0.2) is 0 Å². The van der Waals surface area contributed by atoms with Crippen molar-refractivity contribution < 1.29 is 19.4 Å². The lowest BCUT2D eigenvalue weighted by Crippen LogP contribution is -2.35. The third-order valence-corrected chi connectivity index (χ3v) is 2.56. The molecule has 0 bridgehead atoms. The molecule has 2 aliphatic heterocycles. The Morgan fingerprint density at radius 2 is 2.43 bits per heavy atom. The van der Waals surface area contributed by atoms with Crippen molar-refractivity contribution in [1.29, 1.82) is 0 Å². The van der Waals surface area contributed by atoms with Crippen molar-refractivity contribution in [2.75, 3.05) is 19.8 Å². The monoisotopic (exact) mass is 201 g/mol. The summed E-state index contributed by atoms with van der Waals surface area (Å²) in [5, 5.41) is 12.1. The summed E-state index contributed by atoms with van der Waals surface area (Å²) in [6.07, 6.45) is 0.711. The summed E-state index contributed by atoms with van der Waals surface area (Å²) in [5.74, 6) is -0.267. The van der Waals surface area contributed by atoms with Gasteiger partial charge in [-0.15, -0.1) is 0 Å². The van der Waals surface area contributed by atoms with Crippen LogP contribution in [0.15, 0.2) is 0 Å². The Bertz CT molecular complexity index is 215. The Morgan fingerprint density at radius 1 is 1.57 bits per heavy atom. The molecule has 80 valence electrons. The van der Waals surface area contributed by atoms with Crippen molar-refractivity contribution in [2.24, 2.45) is 0 Å². The van der Waals surface area contributed by atoms with E-state index < -0.39 is 6.10 Å². The van der Waals surface area contributed by atoms with E-state index in [-0.39, 0.29) is 18.1 Å². The van der Waals surface area contributed by atoms with Gasteiger partial charge < -0.3 is 19.9 Å². The Labute approximate surface area is 82.4 Å². The van der Waals surface area contributed by atoms with Gasteiger partial charge in [0.05, 0.1) is 19.3 Å². The van der Waals surface area contributed by atoms with Crippen LogP contribution in [0.1, 0.15) is 12.8 Å². The molecule has 0 saturated carbocycles. The molecule has 2 rings (SSSR count). The maximum Gasteiger partial charge on any atom is 0.323 e. The zero-order valence-electron chi connectivity index (χ0n) is 7.94. The van der Waals surface area contributed by atoms with Crippen LogP contribution in [0.4, 0.5) is 0 Å². The van der Waals surface area contributed by atoms with Crippen LogP contribution >= 0.6 is 0 Å². The fraction of sp³-hybridized carbons (Fsp3) is 0.889. The van der Waals surface area contributed by atoms with Crippen molar-refractivity contribution in [3.63, 3.8) is 0 Å². The number of nitrogens with one attached hydrogen (secondary N) is 1. The number of carbonyl (C=O) groups excluding carboxylic acids is 1. The zero-order chi connectivity index (χ0) is 9.97. The smallest absolute Gasteiger partial charge is 0.323 e. The van der Waals surface area contributed by atoms with Gasteiger partial charge in [0.25, 0.3) is 0 Å². The second kappa shape index (κ2) is 4.25. The first-order valence-electron chi connectivity index (χ1n) is 4.95. The highest BCUT2D eigenvalue weighted by Gasteiger charge is 2.31. The fourth-order valence-electron chi connectivity index (χ4n) is 1.75. The van der Waals surface area contributed by atoms with E-state index in [0.29, 0.717) is 26.2 Å². The molecule has 0 aromatic heterocycles. The Morgan fingerprint density at radius 3 is 3.00 bits per heavy atom. The molecule has 0 spiro atoms. The molecule has 0 radical (unpaired) electrons. The number of β-amino-alcohol motifs (C(OH)–C–C–N with tert-alkyl or cyclic N) is 1. The SMILES string of the molecule is O=C(OC1CCOC1)C1CC(O)CN1. The van der Waals surface area contributed by atoms with Crippen molar-refractivity contribution >= 4 is 5.97 Å². The van der Waals surface area contributed by atoms with Gasteiger partial charge in [0.2, 0.25) is 0 Å². The molecule has 2 N–H and O–H groups in total. The molecule has 3 atom stereocenters. The van der Waals surface area contributed by atoms with Gasteiger partial charge in [-0.3, -0.25) is 4.79 Å². The maximum absolute atomic E-state index is 11.5. The van der Waals surface area contributed by atoms with Gasteiger partial charge in [0.1, 0.15) is 12.1 Å². The van der Waals surface area contributed by atoms with E-state index >= 15 is 0 Å². The van der Waals surface area contributed by atoms with Crippen LogP contribution < -0.4 is 5.32 Å². The molecule has 14 heavy (non-hydrogen) atoms. The van der Waals surface area contributed by atoms with Gasteiger partial charge in [-0.25, -0.2) is 0 Å². The number of carbonyl (C=O) groups is 1. The lowest BCUT2D eigenvalue weighted by molar-refractivity contribution is -0.151. The number of aliphatic hydroxyl groups excluding tert-OH is 1. The molecule has 2 heterocycles. The minimum absolute atomic E-state index is 0.0953. The van der Waals surface area contributed by atoms with Gasteiger partial charge in [-0.2, -0.15) is 0 Å². The van der Waals surface area contributed by atoms with Gasteiger partial charge in [-0.05, 0) is 0 Å². The second-order valence-electron chi connectivity index (χ2n) is 3.77. The van der Waals surface area contributed by atoms with Crippen LogP contribution in [-0.2, 0) is 14.3 Å². The lowest BCUT2D eigenvalue weighted by Gasteiger charge is -2.13. The molecular formula is C9H15NO4. The van der Waals surface area contributed by atoms with Gasteiger partial charge >= 0.3 is 5.97 Å². The Balaban J connectivity index is 1.77. The third-order valence-electron chi connectivity index (χ3n) is 2.56. The minimum atomic E-state index is -0.424. The molecule has 0 aromatic rings. The first-order valence-corrected chi connectivity index (χ1v) is 4.95. The molecule has 0 aromatic carbocycles. The zero-order valence-corrected chi connectivity index (χ0v) is 7.94. The average Bonchev–Trinajstić information content (AvgIpc) is 2.75. The summed E-state index contributed by atoms with van der Waals surface area (Å²) in [5.41, 5.74) is 0. The van der Waals surface area contributed by atoms with Crippen LogP contribution in [0.2, 0.25) is 0 Å². The van der Waals surface area contributed by atoms with E-state index in [9.17, 15) is 9.90 Å². The maximum atomic E-state index is 11.5. The topological polar surface area (TPSA) is 67.8 Å². The molecule has 0 aliphatic carbocycles. The third kappa shape index (κ3) is 2.23.